The van der Waals surface area contributed by atoms with E-state index in [1.54, 1.807) is 6.92 Å². The Morgan fingerprint density at radius 2 is 2.00 bits per heavy atom. The lowest BCUT2D eigenvalue weighted by Gasteiger charge is -2.36. The first-order chi connectivity index (χ1) is 12.1. The number of hydrogen-bond acceptors (Lipinski definition) is 5. The van der Waals surface area contributed by atoms with E-state index in [0.717, 1.165) is 24.2 Å². The van der Waals surface area contributed by atoms with Crippen LogP contribution in [0.1, 0.15) is 48.7 Å². The number of carbonyl (C=O) groups is 1. The quantitative estimate of drug-likeness (QED) is 0.841. The summed E-state index contributed by atoms with van der Waals surface area (Å²) in [5, 5.41) is 8.13. The molecular weight excluding hydrogens is 318 g/mol. The van der Waals surface area contributed by atoms with Gasteiger partial charge in [-0.1, -0.05) is 24.3 Å². The maximum atomic E-state index is 13.3. The first-order valence-corrected chi connectivity index (χ1v) is 8.64. The molecule has 0 radical (unpaired) electrons. The van der Waals surface area contributed by atoms with Crippen molar-refractivity contribution >= 4 is 5.91 Å². The highest BCUT2D eigenvalue weighted by Crippen LogP contribution is 2.35. The van der Waals surface area contributed by atoms with Gasteiger partial charge in [-0.05, 0) is 30.9 Å². The van der Waals surface area contributed by atoms with E-state index in [1.807, 2.05) is 24.0 Å². The number of carbonyl (C=O) groups excluding carboxylic acids is 1. The van der Waals surface area contributed by atoms with Crippen LogP contribution in [-0.2, 0) is 22.5 Å². The van der Waals surface area contributed by atoms with Gasteiger partial charge < -0.3 is 14.1 Å². The molecular formula is C19H21N3O3. The van der Waals surface area contributed by atoms with Crippen molar-refractivity contribution in [3.8, 4) is 0 Å². The van der Waals surface area contributed by atoms with Crippen LogP contribution >= 0.6 is 0 Å². The molecule has 0 bridgehead atoms. The molecule has 4 rings (SSSR count). The lowest BCUT2D eigenvalue weighted by molar-refractivity contribution is -0.132. The predicted molar refractivity (Wildman–Crippen MR) is 90.4 cm³/mol. The van der Waals surface area contributed by atoms with Crippen molar-refractivity contribution in [2.75, 3.05) is 6.61 Å². The van der Waals surface area contributed by atoms with Crippen LogP contribution in [0.15, 0.2) is 40.0 Å². The Hall–Kier alpha value is -2.63. The smallest absolute Gasteiger partial charge is 0.254 e. The van der Waals surface area contributed by atoms with Gasteiger partial charge >= 0.3 is 0 Å². The van der Waals surface area contributed by atoms with Gasteiger partial charge in [-0.3, -0.25) is 4.79 Å². The average molecular weight is 339 g/mol. The Balaban J connectivity index is 1.73. The van der Waals surface area contributed by atoms with E-state index in [-0.39, 0.29) is 11.9 Å². The molecule has 3 heterocycles. The van der Waals surface area contributed by atoms with Crippen LogP contribution in [0.3, 0.4) is 0 Å². The predicted octanol–water partition coefficient (Wildman–Crippen LogP) is 3.09. The van der Waals surface area contributed by atoms with Gasteiger partial charge in [-0.15, -0.1) is 10.2 Å². The van der Waals surface area contributed by atoms with Crippen LogP contribution in [0.5, 0.6) is 0 Å². The molecule has 0 spiro atoms. The minimum absolute atomic E-state index is 0.00700. The van der Waals surface area contributed by atoms with Crippen LogP contribution in [0.4, 0.5) is 0 Å². The number of fused-ring (bicyclic) bond motifs is 1. The Morgan fingerprint density at radius 3 is 2.72 bits per heavy atom. The minimum Gasteiger partial charge on any atom is -0.498 e. The monoisotopic (exact) mass is 339 g/mol. The van der Waals surface area contributed by atoms with Crippen molar-refractivity contribution in [1.82, 2.24) is 15.1 Å². The Kier molecular flexibility index (Phi) is 4.03. The molecule has 1 aromatic carbocycles. The molecule has 0 saturated heterocycles. The largest absolute Gasteiger partial charge is 0.498 e. The third-order valence-corrected chi connectivity index (χ3v) is 4.91. The third kappa shape index (κ3) is 2.92. The van der Waals surface area contributed by atoms with Crippen LogP contribution in [0.25, 0.3) is 0 Å². The van der Waals surface area contributed by atoms with E-state index in [0.29, 0.717) is 31.4 Å². The Labute approximate surface area is 146 Å². The summed E-state index contributed by atoms with van der Waals surface area (Å²) >= 11 is 0. The van der Waals surface area contributed by atoms with Crippen molar-refractivity contribution < 1.29 is 13.9 Å². The molecule has 130 valence electrons. The van der Waals surface area contributed by atoms with Crippen LogP contribution in [0, 0.1) is 6.92 Å². The van der Waals surface area contributed by atoms with Gasteiger partial charge in [0.25, 0.3) is 5.91 Å². The zero-order valence-corrected chi connectivity index (χ0v) is 14.5. The minimum atomic E-state index is -0.245. The molecule has 0 aliphatic carbocycles. The van der Waals surface area contributed by atoms with Gasteiger partial charge in [-0.25, -0.2) is 0 Å². The summed E-state index contributed by atoms with van der Waals surface area (Å²) in [6.07, 6.45) is 2.29. The molecule has 6 nitrogen and oxygen atoms in total. The van der Waals surface area contributed by atoms with Gasteiger partial charge in [0, 0.05) is 19.9 Å². The fourth-order valence-electron chi connectivity index (χ4n) is 3.57. The SMILES string of the molecule is CC1=C(C(=O)N2Cc3ccccc3C[C@H]2c2nnc(C)o2)CCCO1. The molecule has 0 fully saturated rings. The molecule has 2 aromatic rings. The number of ether oxygens (including phenoxy) is 1. The second-order valence-corrected chi connectivity index (χ2v) is 6.57. The number of aromatic nitrogens is 2. The van der Waals surface area contributed by atoms with Crippen molar-refractivity contribution in [2.24, 2.45) is 0 Å². The lowest BCUT2D eigenvalue weighted by atomic mass is 9.92. The first kappa shape index (κ1) is 15.9. The van der Waals surface area contributed by atoms with E-state index in [1.165, 1.54) is 11.1 Å². The Bertz CT molecular complexity index is 840. The summed E-state index contributed by atoms with van der Waals surface area (Å²) in [4.78, 5) is 15.1. The number of allylic oxidation sites excluding steroid dienone is 1. The van der Waals surface area contributed by atoms with Gasteiger partial charge in [0.2, 0.25) is 11.8 Å². The maximum absolute atomic E-state index is 13.3. The summed E-state index contributed by atoms with van der Waals surface area (Å²) in [5.74, 6) is 1.75. The van der Waals surface area contributed by atoms with Crippen molar-refractivity contribution in [2.45, 2.75) is 45.7 Å². The zero-order chi connectivity index (χ0) is 17.4. The fourth-order valence-corrected chi connectivity index (χ4v) is 3.57. The third-order valence-electron chi connectivity index (χ3n) is 4.91. The topological polar surface area (TPSA) is 68.5 Å². The normalized spacial score (nSPS) is 20.2. The molecule has 2 aliphatic heterocycles. The Morgan fingerprint density at radius 1 is 1.20 bits per heavy atom. The molecule has 25 heavy (non-hydrogen) atoms. The van der Waals surface area contributed by atoms with Crippen LogP contribution in [0.2, 0.25) is 0 Å². The summed E-state index contributed by atoms with van der Waals surface area (Å²) in [6, 6.07) is 7.96. The van der Waals surface area contributed by atoms with Crippen molar-refractivity contribution in [3.05, 3.63) is 58.5 Å². The highest BCUT2D eigenvalue weighted by molar-refractivity contribution is 5.94. The number of hydrogen-bond donors (Lipinski definition) is 0. The van der Waals surface area contributed by atoms with Crippen molar-refractivity contribution in [1.29, 1.82) is 0 Å². The van der Waals surface area contributed by atoms with E-state index >= 15 is 0 Å². The highest BCUT2D eigenvalue weighted by atomic mass is 16.5. The number of amides is 1. The summed E-state index contributed by atoms with van der Waals surface area (Å²) in [7, 11) is 0. The van der Waals surface area contributed by atoms with Crippen LogP contribution < -0.4 is 0 Å². The lowest BCUT2D eigenvalue weighted by Crippen LogP contribution is -2.40. The summed E-state index contributed by atoms with van der Waals surface area (Å²) in [6.45, 7) is 4.85. The van der Waals surface area contributed by atoms with E-state index < -0.39 is 0 Å². The second-order valence-electron chi connectivity index (χ2n) is 6.57. The molecule has 6 heteroatoms. The summed E-state index contributed by atoms with van der Waals surface area (Å²) < 4.78 is 11.3. The molecule has 1 amide bonds. The standard InChI is InChI=1S/C19H21N3O3/c1-12-16(8-5-9-24-12)19(23)22-11-15-7-4-3-6-14(15)10-17(22)18-21-20-13(2)25-18/h3-4,6-7,17H,5,8-11H2,1-2H3/t17-/m0/s1. The van der Waals surface area contributed by atoms with Crippen molar-refractivity contribution in [3.63, 3.8) is 0 Å². The first-order valence-electron chi connectivity index (χ1n) is 8.64. The average Bonchev–Trinajstić information content (AvgIpc) is 3.07. The maximum Gasteiger partial charge on any atom is 0.254 e. The molecule has 0 N–H and O–H groups in total. The van der Waals surface area contributed by atoms with Gasteiger partial charge in [0.05, 0.1) is 12.2 Å². The van der Waals surface area contributed by atoms with E-state index in [9.17, 15) is 4.79 Å². The zero-order valence-electron chi connectivity index (χ0n) is 14.5. The molecule has 0 saturated carbocycles. The van der Waals surface area contributed by atoms with Gasteiger partial charge in [-0.2, -0.15) is 0 Å². The summed E-state index contributed by atoms with van der Waals surface area (Å²) in [5.41, 5.74) is 3.14. The van der Waals surface area contributed by atoms with E-state index in [4.69, 9.17) is 9.15 Å². The van der Waals surface area contributed by atoms with E-state index in [2.05, 4.69) is 22.3 Å². The fraction of sp³-hybridized carbons (Fsp3) is 0.421. The van der Waals surface area contributed by atoms with Gasteiger partial charge in [0.15, 0.2) is 0 Å². The number of rotatable bonds is 2. The molecule has 2 aliphatic rings. The second kappa shape index (κ2) is 6.35. The molecule has 0 unspecified atom stereocenters. The van der Waals surface area contributed by atoms with Crippen LogP contribution in [-0.4, -0.2) is 27.6 Å². The molecule has 1 atom stereocenters. The number of benzene rings is 1. The number of aryl methyl sites for hydroxylation is 1. The molecule has 1 aromatic heterocycles. The highest BCUT2D eigenvalue weighted by Gasteiger charge is 2.36. The van der Waals surface area contributed by atoms with Gasteiger partial charge in [0.1, 0.15) is 11.8 Å². The number of nitrogens with zero attached hydrogens (tertiary/aromatic N) is 3.